The van der Waals surface area contributed by atoms with Gasteiger partial charge in [-0.15, -0.1) is 11.6 Å². The van der Waals surface area contributed by atoms with Crippen LogP contribution in [0, 0.1) is 17.5 Å². The highest BCUT2D eigenvalue weighted by Gasteiger charge is 2.22. The number of benzene rings is 2. The normalized spacial score (nSPS) is 10.5. The lowest BCUT2D eigenvalue weighted by atomic mass is 10.1. The van der Waals surface area contributed by atoms with Crippen molar-refractivity contribution in [2.24, 2.45) is 0 Å². The standard InChI is InChI=1S/C14H9ClF3NO2/c15-6-7-1-3-8(4-2-7)19-14(21)9-5-10(16)12(18)13(20)11(9)17/h1-5,20H,6H2,(H,19,21). The molecule has 2 aromatic rings. The first-order valence-corrected chi connectivity index (χ1v) is 6.30. The average molecular weight is 316 g/mol. The molecule has 3 nitrogen and oxygen atoms in total. The fourth-order valence-corrected chi connectivity index (χ4v) is 1.81. The van der Waals surface area contributed by atoms with Crippen LogP contribution < -0.4 is 5.32 Å². The van der Waals surface area contributed by atoms with Gasteiger partial charge in [-0.05, 0) is 23.8 Å². The molecule has 0 spiro atoms. The Labute approximate surface area is 123 Å². The molecule has 0 aliphatic carbocycles. The number of aromatic hydroxyl groups is 1. The molecule has 0 saturated heterocycles. The monoisotopic (exact) mass is 315 g/mol. The minimum Gasteiger partial charge on any atom is -0.503 e. The van der Waals surface area contributed by atoms with Crippen LogP contribution in [0.25, 0.3) is 0 Å². The number of carbonyl (C=O) groups is 1. The van der Waals surface area contributed by atoms with E-state index >= 15 is 0 Å². The summed E-state index contributed by atoms with van der Waals surface area (Å²) >= 11 is 5.61. The van der Waals surface area contributed by atoms with Crippen molar-refractivity contribution in [2.75, 3.05) is 5.32 Å². The molecule has 0 atom stereocenters. The largest absolute Gasteiger partial charge is 0.503 e. The Kier molecular flexibility index (Phi) is 4.37. The summed E-state index contributed by atoms with van der Waals surface area (Å²) in [4.78, 5) is 11.8. The van der Waals surface area contributed by atoms with Crippen LogP contribution in [0.2, 0.25) is 0 Å². The number of nitrogens with one attached hydrogen (secondary N) is 1. The average Bonchev–Trinajstić information content (AvgIpc) is 2.49. The van der Waals surface area contributed by atoms with E-state index in [0.717, 1.165) is 5.56 Å². The number of hydrogen-bond acceptors (Lipinski definition) is 2. The van der Waals surface area contributed by atoms with Crippen LogP contribution in [-0.2, 0) is 5.88 Å². The van der Waals surface area contributed by atoms with E-state index in [1.165, 1.54) is 12.1 Å². The lowest BCUT2D eigenvalue weighted by Crippen LogP contribution is -2.15. The third kappa shape index (κ3) is 3.11. The maximum absolute atomic E-state index is 13.6. The second kappa shape index (κ2) is 6.05. The Hall–Kier alpha value is -2.21. The van der Waals surface area contributed by atoms with Gasteiger partial charge in [-0.1, -0.05) is 12.1 Å². The zero-order valence-corrected chi connectivity index (χ0v) is 11.2. The predicted molar refractivity (Wildman–Crippen MR) is 71.9 cm³/mol. The Balaban J connectivity index is 2.28. The van der Waals surface area contributed by atoms with Gasteiger partial charge in [0.2, 0.25) is 5.82 Å². The topological polar surface area (TPSA) is 49.3 Å². The number of anilines is 1. The number of rotatable bonds is 3. The number of phenolic OH excluding ortho intramolecular Hbond substituents is 1. The molecular formula is C14H9ClF3NO2. The van der Waals surface area contributed by atoms with Crippen LogP contribution in [0.3, 0.4) is 0 Å². The minimum absolute atomic E-state index is 0.292. The smallest absolute Gasteiger partial charge is 0.258 e. The van der Waals surface area contributed by atoms with E-state index in [1.54, 1.807) is 12.1 Å². The number of amides is 1. The van der Waals surface area contributed by atoms with E-state index in [-0.39, 0.29) is 0 Å². The van der Waals surface area contributed by atoms with Crippen LogP contribution in [0.5, 0.6) is 5.75 Å². The van der Waals surface area contributed by atoms with Crippen molar-refractivity contribution in [1.29, 1.82) is 0 Å². The summed E-state index contributed by atoms with van der Waals surface area (Å²) in [6.45, 7) is 0. The van der Waals surface area contributed by atoms with Gasteiger partial charge >= 0.3 is 0 Å². The molecule has 0 fully saturated rings. The summed E-state index contributed by atoms with van der Waals surface area (Å²) in [5.41, 5.74) is 0.330. The van der Waals surface area contributed by atoms with Gasteiger partial charge in [-0.3, -0.25) is 4.79 Å². The van der Waals surface area contributed by atoms with Crippen LogP contribution >= 0.6 is 11.6 Å². The Morgan fingerprint density at radius 2 is 1.76 bits per heavy atom. The van der Waals surface area contributed by atoms with Gasteiger partial charge in [0.1, 0.15) is 0 Å². The van der Waals surface area contributed by atoms with Crippen molar-refractivity contribution >= 4 is 23.2 Å². The fraction of sp³-hybridized carbons (Fsp3) is 0.0714. The fourth-order valence-electron chi connectivity index (χ4n) is 1.63. The first-order chi connectivity index (χ1) is 9.93. The molecule has 0 unspecified atom stereocenters. The van der Waals surface area contributed by atoms with Crippen molar-refractivity contribution in [3.05, 3.63) is 58.9 Å². The molecule has 1 amide bonds. The number of phenols is 1. The second-order valence-corrected chi connectivity index (χ2v) is 4.43. The molecule has 0 heterocycles. The summed E-state index contributed by atoms with van der Waals surface area (Å²) in [6.07, 6.45) is 0. The van der Waals surface area contributed by atoms with E-state index in [2.05, 4.69) is 5.32 Å². The van der Waals surface area contributed by atoms with Gasteiger partial charge < -0.3 is 10.4 Å². The molecule has 110 valence electrons. The van der Waals surface area contributed by atoms with Gasteiger partial charge in [0, 0.05) is 11.6 Å². The van der Waals surface area contributed by atoms with E-state index in [0.29, 0.717) is 17.6 Å². The third-order valence-corrected chi connectivity index (χ3v) is 3.05. The van der Waals surface area contributed by atoms with Crippen molar-refractivity contribution in [3.8, 4) is 5.75 Å². The predicted octanol–water partition coefficient (Wildman–Crippen LogP) is 3.80. The highest BCUT2D eigenvalue weighted by molar-refractivity contribution is 6.17. The molecule has 2 N–H and O–H groups in total. The molecule has 21 heavy (non-hydrogen) atoms. The van der Waals surface area contributed by atoms with E-state index in [1.807, 2.05) is 0 Å². The van der Waals surface area contributed by atoms with Gasteiger partial charge in [0.25, 0.3) is 5.91 Å². The van der Waals surface area contributed by atoms with Crippen LogP contribution in [0.4, 0.5) is 18.9 Å². The highest BCUT2D eigenvalue weighted by atomic mass is 35.5. The van der Waals surface area contributed by atoms with Gasteiger partial charge in [-0.2, -0.15) is 4.39 Å². The van der Waals surface area contributed by atoms with E-state index in [9.17, 15) is 18.0 Å². The van der Waals surface area contributed by atoms with E-state index in [4.69, 9.17) is 16.7 Å². The number of halogens is 4. The zero-order valence-electron chi connectivity index (χ0n) is 10.5. The third-order valence-electron chi connectivity index (χ3n) is 2.74. The summed E-state index contributed by atoms with van der Waals surface area (Å²) < 4.78 is 39.6. The first kappa shape index (κ1) is 15.2. The Morgan fingerprint density at radius 1 is 1.14 bits per heavy atom. The SMILES string of the molecule is O=C(Nc1ccc(CCl)cc1)c1cc(F)c(F)c(O)c1F. The summed E-state index contributed by atoms with van der Waals surface area (Å²) in [5.74, 6) is -7.03. The van der Waals surface area contributed by atoms with Crippen molar-refractivity contribution in [1.82, 2.24) is 0 Å². The molecule has 0 saturated carbocycles. The van der Waals surface area contributed by atoms with Crippen molar-refractivity contribution in [3.63, 3.8) is 0 Å². The molecule has 2 aromatic carbocycles. The summed E-state index contributed by atoms with van der Waals surface area (Å²) in [6, 6.07) is 6.71. The maximum atomic E-state index is 13.6. The lowest BCUT2D eigenvalue weighted by molar-refractivity contribution is 0.102. The number of hydrogen-bond donors (Lipinski definition) is 2. The molecule has 0 radical (unpaired) electrons. The second-order valence-electron chi connectivity index (χ2n) is 4.17. The molecule has 0 bridgehead atoms. The molecule has 0 aliphatic heterocycles. The van der Waals surface area contributed by atoms with Gasteiger partial charge in [-0.25, -0.2) is 8.78 Å². The van der Waals surface area contributed by atoms with Crippen LogP contribution in [0.1, 0.15) is 15.9 Å². The molecule has 0 aliphatic rings. The van der Waals surface area contributed by atoms with Gasteiger partial charge in [0.15, 0.2) is 17.4 Å². The number of carbonyl (C=O) groups excluding carboxylic acids is 1. The van der Waals surface area contributed by atoms with Crippen molar-refractivity contribution in [2.45, 2.75) is 5.88 Å². The lowest BCUT2D eigenvalue weighted by Gasteiger charge is -2.08. The Morgan fingerprint density at radius 3 is 2.33 bits per heavy atom. The highest BCUT2D eigenvalue weighted by Crippen LogP contribution is 2.26. The minimum atomic E-state index is -1.74. The van der Waals surface area contributed by atoms with Crippen LogP contribution in [-0.4, -0.2) is 11.0 Å². The summed E-state index contributed by atoms with van der Waals surface area (Å²) in [5, 5.41) is 11.4. The molecule has 7 heteroatoms. The molecular weight excluding hydrogens is 307 g/mol. The van der Waals surface area contributed by atoms with E-state index < -0.39 is 34.7 Å². The first-order valence-electron chi connectivity index (χ1n) is 5.76. The van der Waals surface area contributed by atoms with Gasteiger partial charge in [0.05, 0.1) is 5.56 Å². The van der Waals surface area contributed by atoms with Crippen LogP contribution in [0.15, 0.2) is 30.3 Å². The quantitative estimate of drug-likeness (QED) is 0.668. The molecule has 2 rings (SSSR count). The number of alkyl halides is 1. The summed E-state index contributed by atoms with van der Waals surface area (Å²) in [7, 11) is 0. The maximum Gasteiger partial charge on any atom is 0.258 e. The Bertz CT molecular complexity index is 690. The molecule has 0 aromatic heterocycles. The zero-order chi connectivity index (χ0) is 15.6. The van der Waals surface area contributed by atoms with Crippen molar-refractivity contribution < 1.29 is 23.1 Å².